The van der Waals surface area contributed by atoms with Crippen LogP contribution in [0.15, 0.2) is 48.5 Å². The zero-order chi connectivity index (χ0) is 19.7. The van der Waals surface area contributed by atoms with Crippen molar-refractivity contribution >= 4 is 23.2 Å². The van der Waals surface area contributed by atoms with Crippen LogP contribution in [0.25, 0.3) is 0 Å². The van der Waals surface area contributed by atoms with Crippen molar-refractivity contribution in [1.82, 2.24) is 4.90 Å². The van der Waals surface area contributed by atoms with Gasteiger partial charge in [0.05, 0.1) is 0 Å². The van der Waals surface area contributed by atoms with Crippen molar-refractivity contribution < 1.29 is 9.59 Å². The lowest BCUT2D eigenvalue weighted by Crippen LogP contribution is -2.52. The molecule has 0 spiro atoms. The van der Waals surface area contributed by atoms with Crippen LogP contribution in [-0.2, 0) is 9.59 Å². The molecule has 5 heteroatoms. The molecule has 2 aliphatic rings. The molecule has 1 saturated heterocycles. The monoisotopic (exact) mass is 377 g/mol. The summed E-state index contributed by atoms with van der Waals surface area (Å²) in [7, 11) is 0. The Hall–Kier alpha value is -2.82. The molecule has 1 heterocycles. The Morgan fingerprint density at radius 2 is 1.57 bits per heavy atom. The molecule has 2 aromatic carbocycles. The lowest BCUT2D eigenvalue weighted by Gasteiger charge is -2.38. The molecule has 146 valence electrons. The van der Waals surface area contributed by atoms with Gasteiger partial charge in [0, 0.05) is 37.6 Å². The molecule has 28 heavy (non-hydrogen) atoms. The van der Waals surface area contributed by atoms with Gasteiger partial charge in [-0.2, -0.15) is 0 Å². The van der Waals surface area contributed by atoms with Crippen LogP contribution in [0.3, 0.4) is 0 Å². The summed E-state index contributed by atoms with van der Waals surface area (Å²) in [4.78, 5) is 30.1. The normalized spacial score (nSPS) is 17.9. The fourth-order valence-corrected chi connectivity index (χ4v) is 3.97. The van der Waals surface area contributed by atoms with E-state index >= 15 is 0 Å². The topological polar surface area (TPSA) is 52.7 Å². The Balaban J connectivity index is 1.40. The maximum Gasteiger partial charge on any atom is 0.240 e. The molecule has 1 N–H and O–H groups in total. The van der Waals surface area contributed by atoms with Gasteiger partial charge in [-0.25, -0.2) is 0 Å². The molecular formula is C23H27N3O2. The SMILES string of the molecule is Cc1cccc(N2CCN(C(=O)C3(C(=O)Nc4ccccc4)CC3)CC2)c1C. The van der Waals surface area contributed by atoms with E-state index in [1.54, 1.807) is 0 Å². The lowest BCUT2D eigenvalue weighted by atomic mass is 10.0. The van der Waals surface area contributed by atoms with E-state index in [1.165, 1.54) is 16.8 Å². The molecule has 1 aliphatic carbocycles. The second-order valence-corrected chi connectivity index (χ2v) is 7.90. The highest BCUT2D eigenvalue weighted by Gasteiger charge is 2.58. The summed E-state index contributed by atoms with van der Waals surface area (Å²) in [6.45, 7) is 7.19. The van der Waals surface area contributed by atoms with Crippen molar-refractivity contribution in [3.63, 3.8) is 0 Å². The summed E-state index contributed by atoms with van der Waals surface area (Å²) < 4.78 is 0. The van der Waals surface area contributed by atoms with Crippen molar-refractivity contribution in [1.29, 1.82) is 0 Å². The number of benzene rings is 2. The quantitative estimate of drug-likeness (QED) is 0.831. The van der Waals surface area contributed by atoms with E-state index in [4.69, 9.17) is 0 Å². The molecule has 2 amide bonds. The van der Waals surface area contributed by atoms with E-state index in [-0.39, 0.29) is 11.8 Å². The molecule has 0 atom stereocenters. The minimum Gasteiger partial charge on any atom is -0.368 e. The van der Waals surface area contributed by atoms with Crippen molar-refractivity contribution in [3.8, 4) is 0 Å². The van der Waals surface area contributed by atoms with Gasteiger partial charge in [0.1, 0.15) is 5.41 Å². The average molecular weight is 377 g/mol. The van der Waals surface area contributed by atoms with Gasteiger partial charge in [-0.3, -0.25) is 9.59 Å². The van der Waals surface area contributed by atoms with Crippen LogP contribution in [0, 0.1) is 19.3 Å². The van der Waals surface area contributed by atoms with Crippen molar-refractivity contribution in [2.24, 2.45) is 5.41 Å². The Bertz CT molecular complexity index is 882. The summed E-state index contributed by atoms with van der Waals surface area (Å²) in [5.74, 6) is -0.179. The standard InChI is InChI=1S/C23H27N3O2/c1-17-7-6-10-20(18(17)2)25-13-15-26(16-14-25)22(28)23(11-12-23)21(27)24-19-8-4-3-5-9-19/h3-10H,11-16H2,1-2H3,(H,24,27). The van der Waals surface area contributed by atoms with Gasteiger partial charge in [-0.1, -0.05) is 30.3 Å². The number of hydrogen-bond donors (Lipinski definition) is 1. The van der Waals surface area contributed by atoms with Gasteiger partial charge in [0.2, 0.25) is 11.8 Å². The van der Waals surface area contributed by atoms with Crippen LogP contribution in [0.4, 0.5) is 11.4 Å². The van der Waals surface area contributed by atoms with Crippen LogP contribution < -0.4 is 10.2 Å². The van der Waals surface area contributed by atoms with Crippen molar-refractivity contribution in [2.75, 3.05) is 36.4 Å². The molecule has 0 aromatic heterocycles. The third-order valence-corrected chi connectivity index (χ3v) is 6.11. The first-order valence-corrected chi connectivity index (χ1v) is 9.98. The van der Waals surface area contributed by atoms with Crippen molar-refractivity contribution in [2.45, 2.75) is 26.7 Å². The minimum absolute atomic E-state index is 0.0125. The first kappa shape index (κ1) is 18.5. The zero-order valence-electron chi connectivity index (χ0n) is 16.6. The molecule has 2 aromatic rings. The van der Waals surface area contributed by atoms with Crippen LogP contribution in [-0.4, -0.2) is 42.9 Å². The number of carbonyl (C=O) groups excluding carboxylic acids is 2. The Morgan fingerprint density at radius 3 is 2.21 bits per heavy atom. The van der Waals surface area contributed by atoms with Gasteiger partial charge in [-0.05, 0) is 56.0 Å². The minimum atomic E-state index is -0.864. The molecule has 4 rings (SSSR count). The molecule has 0 unspecified atom stereocenters. The highest BCUT2D eigenvalue weighted by molar-refractivity contribution is 6.13. The number of piperazine rings is 1. The number of rotatable bonds is 4. The number of anilines is 2. The molecule has 2 fully saturated rings. The number of para-hydroxylation sites is 1. The summed E-state index contributed by atoms with van der Waals surface area (Å²) in [6.07, 6.45) is 1.28. The van der Waals surface area contributed by atoms with E-state index in [2.05, 4.69) is 42.3 Å². The van der Waals surface area contributed by atoms with Gasteiger partial charge < -0.3 is 15.1 Å². The molecule has 1 saturated carbocycles. The second kappa shape index (κ2) is 7.30. The van der Waals surface area contributed by atoms with Crippen LogP contribution in [0.2, 0.25) is 0 Å². The first-order valence-electron chi connectivity index (χ1n) is 9.98. The zero-order valence-corrected chi connectivity index (χ0v) is 16.6. The van der Waals surface area contributed by atoms with E-state index in [0.29, 0.717) is 25.9 Å². The smallest absolute Gasteiger partial charge is 0.240 e. The molecular weight excluding hydrogens is 350 g/mol. The maximum atomic E-state index is 13.1. The third kappa shape index (κ3) is 3.37. The molecule has 1 aliphatic heterocycles. The first-order chi connectivity index (χ1) is 13.5. The van der Waals surface area contributed by atoms with E-state index in [0.717, 1.165) is 18.8 Å². The molecule has 0 bridgehead atoms. The Morgan fingerprint density at radius 1 is 0.893 bits per heavy atom. The van der Waals surface area contributed by atoms with Gasteiger partial charge in [-0.15, -0.1) is 0 Å². The number of aryl methyl sites for hydroxylation is 1. The summed E-state index contributed by atoms with van der Waals surface area (Å²) >= 11 is 0. The average Bonchev–Trinajstić information content (AvgIpc) is 3.53. The van der Waals surface area contributed by atoms with Crippen LogP contribution >= 0.6 is 0 Å². The van der Waals surface area contributed by atoms with Crippen LogP contribution in [0.5, 0.6) is 0 Å². The fourth-order valence-electron chi connectivity index (χ4n) is 3.97. The van der Waals surface area contributed by atoms with Gasteiger partial charge in [0.15, 0.2) is 0 Å². The fraction of sp³-hybridized carbons (Fsp3) is 0.391. The molecule has 0 radical (unpaired) electrons. The number of nitrogens with zero attached hydrogens (tertiary/aromatic N) is 2. The van der Waals surface area contributed by atoms with Gasteiger partial charge >= 0.3 is 0 Å². The van der Waals surface area contributed by atoms with Crippen LogP contribution in [0.1, 0.15) is 24.0 Å². The Kier molecular flexibility index (Phi) is 4.84. The number of carbonyl (C=O) groups is 2. The maximum absolute atomic E-state index is 13.1. The number of hydrogen-bond acceptors (Lipinski definition) is 3. The van der Waals surface area contributed by atoms with Crippen molar-refractivity contribution in [3.05, 3.63) is 59.7 Å². The highest BCUT2D eigenvalue weighted by atomic mass is 16.2. The van der Waals surface area contributed by atoms with E-state index in [9.17, 15) is 9.59 Å². The third-order valence-electron chi connectivity index (χ3n) is 6.11. The van der Waals surface area contributed by atoms with Gasteiger partial charge in [0.25, 0.3) is 0 Å². The second-order valence-electron chi connectivity index (χ2n) is 7.90. The predicted molar refractivity (Wildman–Crippen MR) is 111 cm³/mol. The highest BCUT2D eigenvalue weighted by Crippen LogP contribution is 2.48. The summed E-state index contributed by atoms with van der Waals surface area (Å²) in [5, 5.41) is 2.92. The van der Waals surface area contributed by atoms with E-state index in [1.807, 2.05) is 35.2 Å². The number of amides is 2. The van der Waals surface area contributed by atoms with E-state index < -0.39 is 5.41 Å². The largest absolute Gasteiger partial charge is 0.368 e. The number of nitrogens with one attached hydrogen (secondary N) is 1. The molecule has 5 nitrogen and oxygen atoms in total. The summed E-state index contributed by atoms with van der Waals surface area (Å²) in [5.41, 5.74) is 3.70. The predicted octanol–water partition coefficient (Wildman–Crippen LogP) is 3.37. The lowest BCUT2D eigenvalue weighted by molar-refractivity contribution is -0.142. The summed E-state index contributed by atoms with van der Waals surface area (Å²) in [6, 6.07) is 15.7. The Labute approximate surface area is 166 Å².